The topological polar surface area (TPSA) is 49.6 Å². The summed E-state index contributed by atoms with van der Waals surface area (Å²) >= 11 is 0. The highest BCUT2D eigenvalue weighted by molar-refractivity contribution is 5.76. The number of carbonyl (C=O) groups excluding carboxylic acids is 1. The monoisotopic (exact) mass is 301 g/mol. The summed E-state index contributed by atoms with van der Waals surface area (Å²) in [5.74, 6) is 0.922. The number of fused-ring (bicyclic) bond motifs is 1. The second-order valence-corrected chi connectivity index (χ2v) is 6.83. The number of nitrogens with two attached hydrogens (primary N) is 1. The number of hydrogen-bond acceptors (Lipinski definition) is 3. The average molecular weight is 301 g/mol. The fourth-order valence-corrected chi connectivity index (χ4v) is 3.68. The van der Waals surface area contributed by atoms with Crippen LogP contribution >= 0.6 is 0 Å². The molecule has 1 aromatic carbocycles. The molecule has 0 saturated carbocycles. The van der Waals surface area contributed by atoms with Gasteiger partial charge in [0.1, 0.15) is 0 Å². The maximum absolute atomic E-state index is 12.1. The Bertz CT molecular complexity index is 521. The van der Waals surface area contributed by atoms with Crippen molar-refractivity contribution in [2.24, 2.45) is 11.7 Å². The number of rotatable bonds is 4. The van der Waals surface area contributed by atoms with Gasteiger partial charge >= 0.3 is 0 Å². The van der Waals surface area contributed by atoms with Crippen LogP contribution in [0.25, 0.3) is 0 Å². The van der Waals surface area contributed by atoms with Crippen molar-refractivity contribution >= 4 is 11.6 Å². The summed E-state index contributed by atoms with van der Waals surface area (Å²) in [6, 6.07) is 8.71. The number of para-hydroxylation sites is 1. The van der Waals surface area contributed by atoms with E-state index >= 15 is 0 Å². The Morgan fingerprint density at radius 3 is 2.73 bits per heavy atom. The summed E-state index contributed by atoms with van der Waals surface area (Å²) < 4.78 is 0. The lowest BCUT2D eigenvalue weighted by Gasteiger charge is -2.35. The molecule has 1 atom stereocenters. The maximum atomic E-state index is 12.1. The molecule has 1 amide bonds. The van der Waals surface area contributed by atoms with Crippen LogP contribution in [0.1, 0.15) is 31.7 Å². The zero-order valence-corrected chi connectivity index (χ0v) is 13.5. The molecule has 2 N–H and O–H groups in total. The Morgan fingerprint density at radius 2 is 2.00 bits per heavy atom. The number of anilines is 1. The summed E-state index contributed by atoms with van der Waals surface area (Å²) in [4.78, 5) is 16.6. The minimum Gasteiger partial charge on any atom is -0.371 e. The first kappa shape index (κ1) is 15.3. The average Bonchev–Trinajstić information content (AvgIpc) is 2.91. The summed E-state index contributed by atoms with van der Waals surface area (Å²) in [5.41, 5.74) is 8.62. The van der Waals surface area contributed by atoms with Crippen molar-refractivity contribution in [1.82, 2.24) is 4.90 Å². The predicted octanol–water partition coefficient (Wildman–Crippen LogP) is 2.03. The van der Waals surface area contributed by atoms with Crippen LogP contribution in [0.15, 0.2) is 24.3 Å². The predicted molar refractivity (Wildman–Crippen MR) is 89.9 cm³/mol. The van der Waals surface area contributed by atoms with Crippen LogP contribution < -0.4 is 10.6 Å². The smallest absolute Gasteiger partial charge is 0.224 e. The van der Waals surface area contributed by atoms with E-state index in [9.17, 15) is 4.79 Å². The number of likely N-dealkylation sites (tertiary alicyclic amines) is 1. The molecule has 1 fully saturated rings. The van der Waals surface area contributed by atoms with Crippen molar-refractivity contribution < 1.29 is 4.79 Å². The first-order valence-electron chi connectivity index (χ1n) is 8.49. The fourth-order valence-electron chi connectivity index (χ4n) is 3.68. The van der Waals surface area contributed by atoms with Crippen molar-refractivity contribution in [2.75, 3.05) is 31.1 Å². The quantitative estimate of drug-likeness (QED) is 0.925. The molecular formula is C18H27N3O. The van der Waals surface area contributed by atoms with Crippen LogP contribution in [-0.4, -0.2) is 43.0 Å². The van der Waals surface area contributed by atoms with E-state index in [1.807, 2.05) is 11.8 Å². The molecule has 1 unspecified atom stereocenters. The number of piperidine rings is 1. The second kappa shape index (κ2) is 6.69. The van der Waals surface area contributed by atoms with E-state index in [1.54, 1.807) is 0 Å². The molecule has 22 heavy (non-hydrogen) atoms. The minimum atomic E-state index is -0.0358. The molecule has 2 aliphatic rings. The van der Waals surface area contributed by atoms with E-state index in [1.165, 1.54) is 17.7 Å². The van der Waals surface area contributed by atoms with Gasteiger partial charge in [0.25, 0.3) is 0 Å². The van der Waals surface area contributed by atoms with Crippen LogP contribution in [0.3, 0.4) is 0 Å². The zero-order chi connectivity index (χ0) is 15.5. The molecule has 4 nitrogen and oxygen atoms in total. The first-order chi connectivity index (χ1) is 10.6. The maximum Gasteiger partial charge on any atom is 0.224 e. The van der Waals surface area contributed by atoms with E-state index in [4.69, 9.17) is 5.73 Å². The summed E-state index contributed by atoms with van der Waals surface area (Å²) in [7, 11) is 0. The third-order valence-electron chi connectivity index (χ3n) is 4.93. The number of hydrogen-bond donors (Lipinski definition) is 1. The van der Waals surface area contributed by atoms with Crippen LogP contribution in [-0.2, 0) is 11.2 Å². The Morgan fingerprint density at radius 1 is 1.27 bits per heavy atom. The van der Waals surface area contributed by atoms with Crippen LogP contribution in [0, 0.1) is 5.92 Å². The van der Waals surface area contributed by atoms with Crippen molar-refractivity contribution in [3.63, 3.8) is 0 Å². The Hall–Kier alpha value is -1.55. The van der Waals surface area contributed by atoms with E-state index in [0.717, 1.165) is 39.0 Å². The molecule has 0 aliphatic carbocycles. The van der Waals surface area contributed by atoms with E-state index < -0.39 is 0 Å². The molecule has 120 valence electrons. The lowest BCUT2D eigenvalue weighted by Crippen LogP contribution is -2.42. The van der Waals surface area contributed by atoms with Crippen LogP contribution in [0.5, 0.6) is 0 Å². The molecule has 1 aromatic rings. The summed E-state index contributed by atoms with van der Waals surface area (Å²) in [6.45, 7) is 5.96. The fraction of sp³-hybridized carbons (Fsp3) is 0.611. The Balaban J connectivity index is 1.50. The Kier molecular flexibility index (Phi) is 4.67. The van der Waals surface area contributed by atoms with E-state index in [0.29, 0.717) is 12.3 Å². The lowest BCUT2D eigenvalue weighted by atomic mass is 9.95. The number of amides is 1. The van der Waals surface area contributed by atoms with Gasteiger partial charge in [-0.3, -0.25) is 4.79 Å². The lowest BCUT2D eigenvalue weighted by molar-refractivity contribution is -0.132. The highest BCUT2D eigenvalue weighted by Crippen LogP contribution is 2.30. The van der Waals surface area contributed by atoms with Gasteiger partial charge in [0.2, 0.25) is 5.91 Å². The molecule has 0 aromatic heterocycles. The molecule has 1 saturated heterocycles. The van der Waals surface area contributed by atoms with Crippen molar-refractivity contribution in [3.05, 3.63) is 29.8 Å². The standard InChI is InChI=1S/C18H27N3O/c1-14(19)12-18(22)20-9-6-15(7-10-20)13-21-11-8-16-4-2-3-5-17(16)21/h2-5,14-15H,6-13,19H2,1H3. The van der Waals surface area contributed by atoms with Gasteiger partial charge in [-0.05, 0) is 43.7 Å². The minimum absolute atomic E-state index is 0.0358. The molecule has 3 rings (SSSR count). The van der Waals surface area contributed by atoms with Gasteiger partial charge in [-0.1, -0.05) is 18.2 Å². The van der Waals surface area contributed by atoms with Gasteiger partial charge < -0.3 is 15.5 Å². The van der Waals surface area contributed by atoms with E-state index in [2.05, 4.69) is 29.2 Å². The van der Waals surface area contributed by atoms with Gasteiger partial charge in [0.15, 0.2) is 0 Å². The van der Waals surface area contributed by atoms with Gasteiger partial charge in [0, 0.05) is 44.3 Å². The van der Waals surface area contributed by atoms with Crippen molar-refractivity contribution in [2.45, 2.75) is 38.6 Å². The normalized spacial score (nSPS) is 20.1. The van der Waals surface area contributed by atoms with Gasteiger partial charge in [-0.2, -0.15) is 0 Å². The molecular weight excluding hydrogens is 274 g/mol. The largest absolute Gasteiger partial charge is 0.371 e. The number of carbonyl (C=O) groups is 1. The summed E-state index contributed by atoms with van der Waals surface area (Å²) in [6.07, 6.45) is 3.87. The highest BCUT2D eigenvalue weighted by Gasteiger charge is 2.26. The van der Waals surface area contributed by atoms with Gasteiger partial charge in [-0.25, -0.2) is 0 Å². The number of nitrogens with zero attached hydrogens (tertiary/aromatic N) is 2. The van der Waals surface area contributed by atoms with Crippen molar-refractivity contribution in [3.8, 4) is 0 Å². The van der Waals surface area contributed by atoms with Crippen LogP contribution in [0.4, 0.5) is 5.69 Å². The van der Waals surface area contributed by atoms with Gasteiger partial charge in [0.05, 0.1) is 0 Å². The molecule has 2 aliphatic heterocycles. The second-order valence-electron chi connectivity index (χ2n) is 6.83. The zero-order valence-electron chi connectivity index (χ0n) is 13.5. The van der Waals surface area contributed by atoms with E-state index in [-0.39, 0.29) is 11.9 Å². The SMILES string of the molecule is CC(N)CC(=O)N1CCC(CN2CCc3ccccc32)CC1. The Labute approximate surface area is 133 Å². The number of benzene rings is 1. The van der Waals surface area contributed by atoms with Crippen molar-refractivity contribution in [1.29, 1.82) is 0 Å². The third-order valence-corrected chi connectivity index (χ3v) is 4.93. The molecule has 4 heteroatoms. The van der Waals surface area contributed by atoms with Crippen LogP contribution in [0.2, 0.25) is 0 Å². The molecule has 0 bridgehead atoms. The highest BCUT2D eigenvalue weighted by atomic mass is 16.2. The molecule has 0 radical (unpaired) electrons. The molecule has 2 heterocycles. The first-order valence-corrected chi connectivity index (χ1v) is 8.49. The third kappa shape index (κ3) is 3.43. The van der Waals surface area contributed by atoms with Gasteiger partial charge in [-0.15, -0.1) is 0 Å². The molecule has 0 spiro atoms. The summed E-state index contributed by atoms with van der Waals surface area (Å²) in [5, 5.41) is 0.